The molecule has 0 bridgehead atoms. The van der Waals surface area contributed by atoms with Crippen molar-refractivity contribution in [2.45, 2.75) is 25.3 Å². The number of hydrogen-bond donors (Lipinski definition) is 2. The van der Waals surface area contributed by atoms with Crippen LogP contribution in [0.4, 0.5) is 0 Å². The average Bonchev–Trinajstić information content (AvgIpc) is 2.89. The average molecular weight is 273 g/mol. The van der Waals surface area contributed by atoms with Gasteiger partial charge >= 0.3 is 0 Å². The molecule has 0 radical (unpaired) electrons. The number of carbonyl (C=O) groups excluding carboxylic acids is 1. The van der Waals surface area contributed by atoms with Gasteiger partial charge in [-0.2, -0.15) is 5.26 Å². The van der Waals surface area contributed by atoms with Crippen LogP contribution in [0.2, 0.25) is 0 Å². The molecule has 0 aliphatic heterocycles. The lowest BCUT2D eigenvalue weighted by Crippen LogP contribution is -2.29. The van der Waals surface area contributed by atoms with Gasteiger partial charge < -0.3 is 15.4 Å². The van der Waals surface area contributed by atoms with E-state index in [9.17, 15) is 4.79 Å². The number of rotatable bonds is 6. The van der Waals surface area contributed by atoms with E-state index in [1.807, 2.05) is 25.2 Å². The number of ether oxygens (including phenoxy) is 1. The lowest BCUT2D eigenvalue weighted by Gasteiger charge is -2.13. The van der Waals surface area contributed by atoms with Crippen molar-refractivity contribution in [3.8, 4) is 11.8 Å². The second-order valence-electron chi connectivity index (χ2n) is 4.75. The number of fused-ring (bicyclic) bond motifs is 1. The van der Waals surface area contributed by atoms with Crippen LogP contribution in [0.5, 0.6) is 5.75 Å². The van der Waals surface area contributed by atoms with E-state index in [0.717, 1.165) is 18.6 Å². The minimum atomic E-state index is -0.194. The molecule has 1 aliphatic carbocycles. The van der Waals surface area contributed by atoms with Gasteiger partial charge in [-0.3, -0.25) is 4.79 Å². The highest BCUT2D eigenvalue weighted by Crippen LogP contribution is 2.36. The highest BCUT2D eigenvalue weighted by atomic mass is 16.5. The van der Waals surface area contributed by atoms with E-state index in [-0.39, 0.29) is 12.5 Å². The Morgan fingerprint density at radius 1 is 1.55 bits per heavy atom. The Kier molecular flexibility index (Phi) is 4.97. The molecule has 0 aromatic heterocycles. The highest BCUT2D eigenvalue weighted by molar-refractivity contribution is 5.77. The van der Waals surface area contributed by atoms with Gasteiger partial charge in [0.15, 0.2) is 6.61 Å². The van der Waals surface area contributed by atoms with E-state index in [0.29, 0.717) is 19.0 Å². The number of carbonyl (C=O) groups is 1. The van der Waals surface area contributed by atoms with Gasteiger partial charge in [-0.25, -0.2) is 0 Å². The predicted molar refractivity (Wildman–Crippen MR) is 75.3 cm³/mol. The number of benzene rings is 1. The number of hydrogen-bond acceptors (Lipinski definition) is 4. The van der Waals surface area contributed by atoms with E-state index in [1.165, 1.54) is 11.1 Å². The maximum Gasteiger partial charge on any atom is 0.257 e. The summed E-state index contributed by atoms with van der Waals surface area (Å²) < 4.78 is 5.61. The van der Waals surface area contributed by atoms with Gasteiger partial charge in [-0.15, -0.1) is 0 Å². The lowest BCUT2D eigenvalue weighted by molar-refractivity contribution is -0.123. The van der Waals surface area contributed by atoms with Crippen molar-refractivity contribution >= 4 is 5.91 Å². The second kappa shape index (κ2) is 6.92. The summed E-state index contributed by atoms with van der Waals surface area (Å²) in [5, 5.41) is 14.3. The van der Waals surface area contributed by atoms with Crippen molar-refractivity contribution in [3.63, 3.8) is 0 Å². The molecule has 1 amide bonds. The Bertz CT molecular complexity index is 522. The standard InChI is InChI=1S/C15H19N3O2/c1-17-13-7-6-12-11(13)4-2-5-14(12)20-10-15(19)18-9-3-8-16/h2,4-5,13,17H,3,6-7,9-10H2,1H3,(H,18,19). The molecule has 0 saturated carbocycles. The Hall–Kier alpha value is -2.06. The van der Waals surface area contributed by atoms with Crippen molar-refractivity contribution in [2.24, 2.45) is 0 Å². The molecule has 0 fully saturated rings. The van der Waals surface area contributed by atoms with Crippen molar-refractivity contribution in [1.82, 2.24) is 10.6 Å². The predicted octanol–water partition coefficient (Wildman–Crippen LogP) is 1.30. The fourth-order valence-electron chi connectivity index (χ4n) is 2.51. The zero-order valence-corrected chi connectivity index (χ0v) is 11.6. The zero-order chi connectivity index (χ0) is 14.4. The first kappa shape index (κ1) is 14.4. The van der Waals surface area contributed by atoms with Crippen LogP contribution >= 0.6 is 0 Å². The first-order valence-corrected chi connectivity index (χ1v) is 6.81. The Morgan fingerprint density at radius 3 is 3.15 bits per heavy atom. The van der Waals surface area contributed by atoms with Gasteiger partial charge in [0.05, 0.1) is 12.5 Å². The molecule has 5 nitrogen and oxygen atoms in total. The summed E-state index contributed by atoms with van der Waals surface area (Å²) in [7, 11) is 1.95. The van der Waals surface area contributed by atoms with Crippen molar-refractivity contribution in [3.05, 3.63) is 29.3 Å². The van der Waals surface area contributed by atoms with Gasteiger partial charge in [0, 0.05) is 12.6 Å². The number of nitrogens with zero attached hydrogens (tertiary/aromatic N) is 1. The molecular formula is C15H19N3O2. The van der Waals surface area contributed by atoms with Crippen LogP contribution in [0.25, 0.3) is 0 Å². The van der Waals surface area contributed by atoms with Gasteiger partial charge in [0.1, 0.15) is 5.75 Å². The van der Waals surface area contributed by atoms with E-state index < -0.39 is 0 Å². The van der Waals surface area contributed by atoms with Gasteiger partial charge in [-0.1, -0.05) is 12.1 Å². The summed E-state index contributed by atoms with van der Waals surface area (Å²) >= 11 is 0. The second-order valence-corrected chi connectivity index (χ2v) is 4.75. The smallest absolute Gasteiger partial charge is 0.257 e. The largest absolute Gasteiger partial charge is 0.483 e. The van der Waals surface area contributed by atoms with Crippen LogP contribution in [-0.2, 0) is 11.2 Å². The summed E-state index contributed by atoms with van der Waals surface area (Å²) in [6.07, 6.45) is 2.34. The van der Waals surface area contributed by atoms with Crippen LogP contribution in [0.1, 0.15) is 30.0 Å². The number of nitrogens with one attached hydrogen (secondary N) is 2. The molecule has 0 spiro atoms. The van der Waals surface area contributed by atoms with Gasteiger partial charge in [0.25, 0.3) is 5.91 Å². The summed E-state index contributed by atoms with van der Waals surface area (Å²) in [4.78, 5) is 11.6. The van der Waals surface area contributed by atoms with Gasteiger partial charge in [0.2, 0.25) is 0 Å². The molecule has 1 aromatic carbocycles. The molecule has 0 saturated heterocycles. The Labute approximate surface area is 118 Å². The molecule has 20 heavy (non-hydrogen) atoms. The normalized spacial score (nSPS) is 16.3. The topological polar surface area (TPSA) is 74.2 Å². The Morgan fingerprint density at radius 2 is 2.40 bits per heavy atom. The molecule has 1 atom stereocenters. The molecule has 2 rings (SSSR count). The quantitative estimate of drug-likeness (QED) is 0.766. The van der Waals surface area contributed by atoms with Gasteiger partial charge in [-0.05, 0) is 37.1 Å². The molecular weight excluding hydrogens is 254 g/mol. The Balaban J connectivity index is 1.93. The van der Waals surface area contributed by atoms with Crippen LogP contribution < -0.4 is 15.4 Å². The van der Waals surface area contributed by atoms with Crippen molar-refractivity contribution < 1.29 is 9.53 Å². The fraction of sp³-hybridized carbons (Fsp3) is 0.467. The van der Waals surface area contributed by atoms with Crippen LogP contribution in [0.15, 0.2) is 18.2 Å². The third-order valence-electron chi connectivity index (χ3n) is 3.49. The summed E-state index contributed by atoms with van der Waals surface area (Å²) in [5.74, 6) is 0.594. The van der Waals surface area contributed by atoms with Crippen LogP contribution in [-0.4, -0.2) is 26.1 Å². The highest BCUT2D eigenvalue weighted by Gasteiger charge is 2.23. The van der Waals surface area contributed by atoms with Crippen molar-refractivity contribution in [2.75, 3.05) is 20.2 Å². The number of nitriles is 1. The first-order chi connectivity index (χ1) is 9.76. The van der Waals surface area contributed by atoms with E-state index >= 15 is 0 Å². The summed E-state index contributed by atoms with van der Waals surface area (Å²) in [5.41, 5.74) is 2.45. The third kappa shape index (κ3) is 3.28. The molecule has 106 valence electrons. The molecule has 0 heterocycles. The minimum absolute atomic E-state index is 0.00784. The fourth-order valence-corrected chi connectivity index (χ4v) is 2.51. The monoisotopic (exact) mass is 273 g/mol. The molecule has 1 aromatic rings. The number of amides is 1. The maximum absolute atomic E-state index is 11.6. The molecule has 2 N–H and O–H groups in total. The lowest BCUT2D eigenvalue weighted by atomic mass is 10.1. The van der Waals surface area contributed by atoms with E-state index in [4.69, 9.17) is 10.00 Å². The molecule has 1 aliphatic rings. The van der Waals surface area contributed by atoms with E-state index in [2.05, 4.69) is 16.7 Å². The zero-order valence-electron chi connectivity index (χ0n) is 11.6. The van der Waals surface area contributed by atoms with E-state index in [1.54, 1.807) is 0 Å². The summed E-state index contributed by atoms with van der Waals surface area (Å²) in [6, 6.07) is 8.31. The van der Waals surface area contributed by atoms with Crippen molar-refractivity contribution in [1.29, 1.82) is 5.26 Å². The third-order valence-corrected chi connectivity index (χ3v) is 3.49. The molecule has 5 heteroatoms. The summed E-state index contributed by atoms with van der Waals surface area (Å²) in [6.45, 7) is 0.361. The maximum atomic E-state index is 11.6. The molecule has 1 unspecified atom stereocenters. The van der Waals surface area contributed by atoms with Crippen LogP contribution in [0, 0.1) is 11.3 Å². The van der Waals surface area contributed by atoms with Crippen LogP contribution in [0.3, 0.4) is 0 Å². The minimum Gasteiger partial charge on any atom is -0.483 e. The SMILES string of the molecule is CNC1CCc2c(OCC(=O)NCCC#N)cccc21. The first-order valence-electron chi connectivity index (χ1n) is 6.81.